The number of thiophene rings is 1. The summed E-state index contributed by atoms with van der Waals surface area (Å²) in [6.45, 7) is -0.161. The van der Waals surface area contributed by atoms with Crippen LogP contribution in [-0.2, 0) is 0 Å². The number of benzene rings is 8. The van der Waals surface area contributed by atoms with Crippen molar-refractivity contribution < 1.29 is 0 Å². The number of hydrogen-bond donors (Lipinski definition) is 0. The van der Waals surface area contributed by atoms with Gasteiger partial charge in [-0.3, -0.25) is 0 Å². The molecular weight excluding hydrogens is 930 g/mol. The van der Waals surface area contributed by atoms with Gasteiger partial charge in [0.15, 0.2) is 8.07 Å². The van der Waals surface area contributed by atoms with Crippen LogP contribution in [0.25, 0.3) is 75.8 Å². The lowest BCUT2D eigenvalue weighted by molar-refractivity contribution is 0.614. The van der Waals surface area contributed by atoms with E-state index in [9.17, 15) is 0 Å². The molecule has 0 bridgehead atoms. The molecule has 0 radical (unpaired) electrons. The van der Waals surface area contributed by atoms with Crippen LogP contribution in [0.3, 0.4) is 0 Å². The number of fused-ring (bicyclic) bond motifs is 19. The van der Waals surface area contributed by atoms with E-state index in [1.54, 1.807) is 0 Å². The fourth-order valence-corrected chi connectivity index (χ4v) is 18.8. The summed E-state index contributed by atoms with van der Waals surface area (Å²) in [5, 5.41) is 7.91. The Labute approximate surface area is 438 Å². The van der Waals surface area contributed by atoms with Crippen LogP contribution in [-0.4, -0.2) is 61.2 Å². The summed E-state index contributed by atoms with van der Waals surface area (Å²) in [7, 11) is -3.46. The van der Waals surface area contributed by atoms with Crippen molar-refractivity contribution in [3.8, 4) is 55.6 Å². The van der Waals surface area contributed by atoms with E-state index in [1.807, 2.05) is 17.6 Å². The quantitative estimate of drug-likeness (QED) is 0.127. The number of nitrogens with zero attached hydrogens (tertiary/aromatic N) is 5. The zero-order valence-corrected chi connectivity index (χ0v) is 42.3. The zero-order chi connectivity index (χ0) is 48.7. The normalized spacial score (nSPS) is 15.9. The van der Waals surface area contributed by atoms with Gasteiger partial charge in [-0.1, -0.05) is 212 Å². The average molecular weight is 975 g/mol. The SMILES string of the molecule is C1=CB2N3C=CC=CB3N3C=CC=NB3N3C=C([Si](c4ccccc4)(c4ccccc4)c4ccc5c(c4)-c4ccccc4-c4ccc(-c6cccc7c6sc6ccccc67)cc4-c4ccccc4-5)C=CB3N2C=C1. The molecule has 15 rings (SSSR count). The molecule has 1 saturated heterocycles. The first kappa shape index (κ1) is 43.1. The van der Waals surface area contributed by atoms with Crippen LogP contribution in [0, 0.1) is 0 Å². The molecule has 0 spiro atoms. The van der Waals surface area contributed by atoms with Crippen LogP contribution in [0.1, 0.15) is 0 Å². The van der Waals surface area contributed by atoms with Gasteiger partial charge in [0.05, 0.1) is 0 Å². The highest BCUT2D eigenvalue weighted by atomic mass is 32.1. The van der Waals surface area contributed by atoms with Crippen molar-refractivity contribution in [3.63, 3.8) is 0 Å². The molecule has 9 aromatic rings. The second-order valence-corrected chi connectivity index (χ2v) is 24.6. The van der Waals surface area contributed by atoms with Gasteiger partial charge in [-0.2, -0.15) is 0 Å². The Morgan fingerprint density at radius 2 is 0.932 bits per heavy atom. The summed E-state index contributed by atoms with van der Waals surface area (Å²) in [6.07, 6.45) is 24.3. The molecule has 1 aliphatic carbocycles. The molecular formula is C63H45B4N5SSi. The lowest BCUT2D eigenvalue weighted by Crippen LogP contribution is -2.74. The minimum absolute atomic E-state index is 0.00644. The van der Waals surface area contributed by atoms with Gasteiger partial charge >= 0.3 is 28.1 Å². The van der Waals surface area contributed by atoms with E-state index >= 15 is 0 Å². The molecule has 5 nitrogen and oxygen atoms in total. The number of allylic oxidation sites excluding steroid dienone is 7. The van der Waals surface area contributed by atoms with Crippen molar-refractivity contribution in [2.24, 2.45) is 4.90 Å². The molecule has 5 aliphatic heterocycles. The molecule has 6 aliphatic rings. The number of rotatable bonds is 5. The third-order valence-corrected chi connectivity index (χ3v) is 22.0. The smallest absolute Gasteiger partial charge is 0.423 e. The predicted octanol–water partition coefficient (Wildman–Crippen LogP) is 12.2. The second-order valence-electron chi connectivity index (χ2n) is 19.8. The summed E-state index contributed by atoms with van der Waals surface area (Å²) in [4.78, 5) is 5.31. The first-order valence-electron chi connectivity index (χ1n) is 25.6. The van der Waals surface area contributed by atoms with Crippen LogP contribution in [0.15, 0.2) is 277 Å². The Bertz CT molecular complexity index is 3940. The Morgan fingerprint density at radius 1 is 0.392 bits per heavy atom. The molecule has 11 heteroatoms. The molecule has 8 aromatic carbocycles. The Kier molecular flexibility index (Phi) is 10.1. The minimum atomic E-state index is -3.16. The standard InChI is InChI=1S/C63H45B4N5SSi/c1-3-19-47(20-4-1)74(48-21-5-2-6-22-48,50-35-38-66-70-41-15-13-36-64(70)69-40-16-14-37-65(69)71-42-18-39-68-67(71)72(66)45-50)49-32-34-57-52-23-7-9-25-54(52)60-43-46(31-33-56(60)53-24-8-10-26-55(53)61(57)44-49)51-28-17-29-59-58-27-11-12-30-62(58)73-63(51)59/h1-45H. The van der Waals surface area contributed by atoms with E-state index in [4.69, 9.17) is 4.90 Å². The van der Waals surface area contributed by atoms with Gasteiger partial charge < -0.3 is 23.8 Å². The molecule has 0 unspecified atom stereocenters. The zero-order valence-electron chi connectivity index (χ0n) is 40.4. The third-order valence-electron chi connectivity index (χ3n) is 16.0. The lowest BCUT2D eigenvalue weighted by Gasteiger charge is -2.53. The number of hydrogen-bond acceptors (Lipinski definition) is 6. The fraction of sp³-hybridized carbons (Fsp3) is 0. The molecule has 344 valence electrons. The maximum atomic E-state index is 5.31. The first-order valence-corrected chi connectivity index (χ1v) is 28.4. The lowest BCUT2D eigenvalue weighted by atomic mass is 9.44. The summed E-state index contributed by atoms with van der Waals surface area (Å²) in [5.74, 6) is 7.03. The largest absolute Gasteiger partial charge is 0.500 e. The van der Waals surface area contributed by atoms with E-state index in [0.29, 0.717) is 0 Å². The molecule has 1 fully saturated rings. The minimum Gasteiger partial charge on any atom is -0.423 e. The van der Waals surface area contributed by atoms with Crippen molar-refractivity contribution >= 4 is 89.4 Å². The van der Waals surface area contributed by atoms with Crippen molar-refractivity contribution in [1.29, 1.82) is 0 Å². The fourth-order valence-electron chi connectivity index (χ4n) is 12.8. The van der Waals surface area contributed by atoms with Gasteiger partial charge in [0.1, 0.15) is 0 Å². The summed E-state index contributed by atoms with van der Waals surface area (Å²) in [5.41, 5.74) is 12.4. The molecule has 0 atom stereocenters. The van der Waals surface area contributed by atoms with Crippen molar-refractivity contribution in [3.05, 3.63) is 272 Å². The highest BCUT2D eigenvalue weighted by Gasteiger charge is 2.53. The summed E-state index contributed by atoms with van der Waals surface area (Å²) < 4.78 is 12.5. The highest BCUT2D eigenvalue weighted by Crippen LogP contribution is 2.50. The molecule has 1 aromatic heterocycles. The Balaban J connectivity index is 0.945. The van der Waals surface area contributed by atoms with Crippen LogP contribution in [0.4, 0.5) is 0 Å². The second kappa shape index (κ2) is 17.3. The highest BCUT2D eigenvalue weighted by molar-refractivity contribution is 7.26. The molecule has 74 heavy (non-hydrogen) atoms. The summed E-state index contributed by atoms with van der Waals surface area (Å²) in [6, 6.07) is 71.2. The van der Waals surface area contributed by atoms with Crippen LogP contribution >= 0.6 is 11.3 Å². The monoisotopic (exact) mass is 975 g/mol. The van der Waals surface area contributed by atoms with Crippen molar-refractivity contribution in [1.82, 2.24) is 18.9 Å². The predicted molar refractivity (Wildman–Crippen MR) is 319 cm³/mol. The summed E-state index contributed by atoms with van der Waals surface area (Å²) >= 11 is 1.89. The third kappa shape index (κ3) is 6.56. The van der Waals surface area contributed by atoms with Crippen LogP contribution in [0.2, 0.25) is 0 Å². The van der Waals surface area contributed by atoms with Gasteiger partial charge in [0.2, 0.25) is 0 Å². The van der Waals surface area contributed by atoms with Crippen molar-refractivity contribution in [2.75, 3.05) is 0 Å². The Morgan fingerprint density at radius 3 is 1.64 bits per heavy atom. The maximum absolute atomic E-state index is 5.31. The average Bonchev–Trinajstić information content (AvgIpc) is 3.88. The van der Waals surface area contributed by atoms with Gasteiger partial charge in [-0.05, 0) is 132 Å². The first-order chi connectivity index (χ1) is 36.7. The van der Waals surface area contributed by atoms with Gasteiger partial charge in [0, 0.05) is 26.4 Å². The Hall–Kier alpha value is -8.49. The van der Waals surface area contributed by atoms with Crippen LogP contribution in [0.5, 0.6) is 0 Å². The molecule has 0 saturated carbocycles. The van der Waals surface area contributed by atoms with Gasteiger partial charge in [-0.25, -0.2) is 0 Å². The van der Waals surface area contributed by atoms with Gasteiger partial charge in [0.25, 0.3) is 0 Å². The van der Waals surface area contributed by atoms with E-state index in [-0.39, 0.29) is 28.1 Å². The topological polar surface area (TPSA) is 25.3 Å². The molecule has 6 heterocycles. The van der Waals surface area contributed by atoms with Gasteiger partial charge in [-0.15, -0.1) is 11.3 Å². The van der Waals surface area contributed by atoms with E-state index in [0.717, 1.165) is 0 Å². The van der Waals surface area contributed by atoms with E-state index in [2.05, 4.69) is 286 Å². The van der Waals surface area contributed by atoms with Crippen molar-refractivity contribution in [2.45, 2.75) is 0 Å². The van der Waals surface area contributed by atoms with Crippen LogP contribution < -0.4 is 15.6 Å². The van der Waals surface area contributed by atoms with E-state index < -0.39 is 8.07 Å². The molecule has 0 amide bonds. The molecule has 0 N–H and O–H groups in total. The van der Waals surface area contributed by atoms with E-state index in [1.165, 1.54) is 96.6 Å². The maximum Gasteiger partial charge on any atom is 0.500 e.